The van der Waals surface area contributed by atoms with Gasteiger partial charge in [-0.15, -0.1) is 0 Å². The first-order chi connectivity index (χ1) is 10.7. The minimum atomic E-state index is -1.05. The van der Waals surface area contributed by atoms with Crippen molar-refractivity contribution in [1.29, 1.82) is 0 Å². The fourth-order valence-electron chi connectivity index (χ4n) is 1.98. The minimum Gasteiger partial charge on any atom is -0.497 e. The summed E-state index contributed by atoms with van der Waals surface area (Å²) in [5.74, 6) is -0.120. The molecule has 0 aliphatic carbocycles. The second-order valence-corrected chi connectivity index (χ2v) is 4.51. The molecule has 0 unspecified atom stereocenters. The van der Waals surface area contributed by atoms with Gasteiger partial charge in [0.15, 0.2) is 0 Å². The summed E-state index contributed by atoms with van der Waals surface area (Å²) < 4.78 is 10.3. The van der Waals surface area contributed by atoms with Crippen molar-refractivity contribution in [1.82, 2.24) is 4.98 Å². The van der Waals surface area contributed by atoms with Gasteiger partial charge in [0.1, 0.15) is 17.1 Å². The second-order valence-electron chi connectivity index (χ2n) is 4.51. The molecule has 0 aliphatic heterocycles. The Morgan fingerprint density at radius 2 is 2.14 bits per heavy atom. The van der Waals surface area contributed by atoms with Crippen LogP contribution in [0, 0.1) is 0 Å². The van der Waals surface area contributed by atoms with Gasteiger partial charge in [-0.3, -0.25) is 0 Å². The van der Waals surface area contributed by atoms with E-state index >= 15 is 0 Å². The number of aromatic carboxylic acids is 1. The number of aliphatic hydroxyl groups excluding tert-OH is 1. The average Bonchev–Trinajstić information content (AvgIpc) is 2.53. The molecule has 0 aliphatic rings. The molecule has 118 valence electrons. The highest BCUT2D eigenvalue weighted by atomic mass is 16.5. The van der Waals surface area contributed by atoms with E-state index in [1.807, 2.05) is 0 Å². The molecule has 0 fully saturated rings. The number of methoxy groups -OCH3 is 1. The third kappa shape index (κ3) is 3.84. The van der Waals surface area contributed by atoms with Crippen molar-refractivity contribution in [3.05, 3.63) is 29.8 Å². The summed E-state index contributed by atoms with van der Waals surface area (Å²) >= 11 is 0. The third-order valence-electron chi connectivity index (χ3n) is 3.03. The lowest BCUT2D eigenvalue weighted by atomic mass is 10.1. The summed E-state index contributed by atoms with van der Waals surface area (Å²) in [5.41, 5.74) is 0.739. The van der Waals surface area contributed by atoms with Crippen molar-refractivity contribution in [2.75, 3.05) is 38.8 Å². The third-order valence-corrected chi connectivity index (χ3v) is 3.03. The number of hydrogen-bond acceptors (Lipinski definition) is 6. The van der Waals surface area contributed by atoms with E-state index in [0.717, 1.165) is 5.39 Å². The van der Waals surface area contributed by atoms with Crippen molar-refractivity contribution in [2.45, 2.75) is 0 Å². The first-order valence-corrected chi connectivity index (χ1v) is 6.80. The molecule has 7 heteroatoms. The van der Waals surface area contributed by atoms with Crippen LogP contribution >= 0.6 is 0 Å². The molecule has 0 atom stereocenters. The van der Waals surface area contributed by atoms with Gasteiger partial charge in [-0.25, -0.2) is 9.78 Å². The van der Waals surface area contributed by atoms with E-state index in [1.165, 1.54) is 0 Å². The fourth-order valence-corrected chi connectivity index (χ4v) is 1.98. The Hall–Kier alpha value is -2.38. The molecule has 0 saturated carbocycles. The maximum Gasteiger partial charge on any atom is 0.339 e. The van der Waals surface area contributed by atoms with Gasteiger partial charge in [-0.05, 0) is 18.2 Å². The number of pyridine rings is 1. The zero-order valence-corrected chi connectivity index (χ0v) is 12.2. The highest BCUT2D eigenvalue weighted by molar-refractivity contribution is 5.98. The maximum absolute atomic E-state index is 11.4. The van der Waals surface area contributed by atoms with Gasteiger partial charge in [0.2, 0.25) is 0 Å². The Balaban J connectivity index is 2.24. The molecule has 3 N–H and O–H groups in total. The van der Waals surface area contributed by atoms with Crippen molar-refractivity contribution in [3.8, 4) is 5.75 Å². The van der Waals surface area contributed by atoms with Crippen LogP contribution in [0.25, 0.3) is 10.9 Å². The largest absolute Gasteiger partial charge is 0.497 e. The first-order valence-electron chi connectivity index (χ1n) is 6.80. The topological polar surface area (TPSA) is 101 Å². The molecule has 0 radical (unpaired) electrons. The summed E-state index contributed by atoms with van der Waals surface area (Å²) in [6, 6.07) is 6.84. The predicted octanol–water partition coefficient (Wildman–Crippen LogP) is 1.36. The Bertz CT molecular complexity index is 660. The summed E-state index contributed by atoms with van der Waals surface area (Å²) in [6.45, 7) is 0.935. The molecular formula is C15H18N2O5. The van der Waals surface area contributed by atoms with E-state index in [4.69, 9.17) is 14.6 Å². The lowest BCUT2D eigenvalue weighted by Gasteiger charge is -2.11. The first kappa shape index (κ1) is 16.0. The van der Waals surface area contributed by atoms with Crippen LogP contribution in [0.3, 0.4) is 0 Å². The zero-order chi connectivity index (χ0) is 15.9. The van der Waals surface area contributed by atoms with Crippen LogP contribution in [0.2, 0.25) is 0 Å². The number of carboxylic acid groups (broad SMARTS) is 1. The lowest BCUT2D eigenvalue weighted by molar-refractivity contribution is 0.0697. The second kappa shape index (κ2) is 7.58. The van der Waals surface area contributed by atoms with Crippen LogP contribution in [0.4, 0.5) is 5.82 Å². The summed E-state index contributed by atoms with van der Waals surface area (Å²) in [7, 11) is 1.56. The van der Waals surface area contributed by atoms with Crippen molar-refractivity contribution < 1.29 is 24.5 Å². The molecule has 1 heterocycles. The number of nitrogens with one attached hydrogen (secondary N) is 1. The number of aromatic nitrogens is 1. The highest BCUT2D eigenvalue weighted by Gasteiger charge is 2.13. The number of ether oxygens (including phenoxy) is 2. The van der Waals surface area contributed by atoms with Crippen LogP contribution in [0.1, 0.15) is 10.4 Å². The van der Waals surface area contributed by atoms with Gasteiger partial charge < -0.3 is 25.0 Å². The number of aliphatic hydroxyl groups is 1. The molecule has 22 heavy (non-hydrogen) atoms. The summed E-state index contributed by atoms with van der Waals surface area (Å²) in [5, 5.41) is 21.6. The van der Waals surface area contributed by atoms with E-state index in [1.54, 1.807) is 31.4 Å². The van der Waals surface area contributed by atoms with Gasteiger partial charge in [-0.1, -0.05) is 0 Å². The van der Waals surface area contributed by atoms with E-state index in [2.05, 4.69) is 10.3 Å². The molecule has 1 aromatic carbocycles. The number of carboxylic acids is 1. The van der Waals surface area contributed by atoms with E-state index < -0.39 is 5.97 Å². The lowest BCUT2D eigenvalue weighted by Crippen LogP contribution is -2.15. The highest BCUT2D eigenvalue weighted by Crippen LogP contribution is 2.24. The smallest absolute Gasteiger partial charge is 0.339 e. The van der Waals surface area contributed by atoms with Gasteiger partial charge in [-0.2, -0.15) is 0 Å². The quantitative estimate of drug-likeness (QED) is 0.633. The minimum absolute atomic E-state index is 0.0472. The number of anilines is 1. The molecule has 7 nitrogen and oxygen atoms in total. The Labute approximate surface area is 127 Å². The molecule has 0 saturated heterocycles. The Morgan fingerprint density at radius 3 is 2.82 bits per heavy atom. The average molecular weight is 306 g/mol. The van der Waals surface area contributed by atoms with Crippen LogP contribution in [0.5, 0.6) is 5.75 Å². The van der Waals surface area contributed by atoms with Gasteiger partial charge in [0, 0.05) is 18.0 Å². The molecule has 0 bridgehead atoms. The summed E-state index contributed by atoms with van der Waals surface area (Å²) in [6.07, 6.45) is 0. The van der Waals surface area contributed by atoms with Crippen molar-refractivity contribution in [2.24, 2.45) is 0 Å². The molecule has 0 spiro atoms. The number of rotatable bonds is 8. The number of benzene rings is 1. The summed E-state index contributed by atoms with van der Waals surface area (Å²) in [4.78, 5) is 15.7. The Morgan fingerprint density at radius 1 is 1.32 bits per heavy atom. The fraction of sp³-hybridized carbons (Fsp3) is 0.333. The zero-order valence-electron chi connectivity index (χ0n) is 12.2. The van der Waals surface area contributed by atoms with Crippen LogP contribution < -0.4 is 10.1 Å². The standard InChI is InChI=1S/C15H18N2O5/c1-21-11-3-2-10-8-12(15(19)20)14(17-13(10)9-11)16-4-6-22-7-5-18/h2-3,8-9,18H,4-7H2,1H3,(H,16,17)(H,19,20). The van der Waals surface area contributed by atoms with E-state index in [-0.39, 0.29) is 24.6 Å². The van der Waals surface area contributed by atoms with Crippen LogP contribution in [0.15, 0.2) is 24.3 Å². The molecular weight excluding hydrogens is 288 g/mol. The predicted molar refractivity (Wildman–Crippen MR) is 81.6 cm³/mol. The molecule has 1 aromatic heterocycles. The van der Waals surface area contributed by atoms with Gasteiger partial charge in [0.25, 0.3) is 0 Å². The monoisotopic (exact) mass is 306 g/mol. The molecule has 2 aromatic rings. The van der Waals surface area contributed by atoms with E-state index in [0.29, 0.717) is 24.4 Å². The van der Waals surface area contributed by atoms with Crippen molar-refractivity contribution >= 4 is 22.7 Å². The Kier molecular flexibility index (Phi) is 5.51. The van der Waals surface area contributed by atoms with Crippen LogP contribution in [-0.4, -0.2) is 54.6 Å². The normalized spacial score (nSPS) is 10.6. The van der Waals surface area contributed by atoms with Crippen molar-refractivity contribution in [3.63, 3.8) is 0 Å². The molecule has 0 amide bonds. The number of hydrogen-bond donors (Lipinski definition) is 3. The SMILES string of the molecule is COc1ccc2cc(C(=O)O)c(NCCOCCO)nc2c1. The number of nitrogens with zero attached hydrogens (tertiary/aromatic N) is 1. The maximum atomic E-state index is 11.4. The number of carbonyl (C=O) groups is 1. The number of fused-ring (bicyclic) bond motifs is 1. The van der Waals surface area contributed by atoms with E-state index in [9.17, 15) is 9.90 Å². The van der Waals surface area contributed by atoms with Gasteiger partial charge >= 0.3 is 5.97 Å². The molecule has 2 rings (SSSR count). The van der Waals surface area contributed by atoms with Gasteiger partial charge in [0.05, 0.1) is 32.4 Å². The van der Waals surface area contributed by atoms with Crippen LogP contribution in [-0.2, 0) is 4.74 Å².